The Morgan fingerprint density at radius 2 is 2.15 bits per heavy atom. The van der Waals surface area contributed by atoms with E-state index in [9.17, 15) is 4.79 Å². The summed E-state index contributed by atoms with van der Waals surface area (Å²) in [6.45, 7) is 3.61. The molecule has 2 aliphatic rings. The van der Waals surface area contributed by atoms with Gasteiger partial charge in [0.25, 0.3) is 0 Å². The molecule has 0 unspecified atom stereocenters. The van der Waals surface area contributed by atoms with Gasteiger partial charge in [0.05, 0.1) is 5.57 Å². The fourth-order valence-corrected chi connectivity index (χ4v) is 1.59. The summed E-state index contributed by atoms with van der Waals surface area (Å²) in [7, 11) is 0. The molecule has 0 N–H and O–H groups in total. The predicted molar refractivity (Wildman–Crippen MR) is 50.1 cm³/mol. The summed E-state index contributed by atoms with van der Waals surface area (Å²) in [6.07, 6.45) is 8.36. The Labute approximate surface area is 77.6 Å². The molecule has 0 atom stereocenters. The first-order valence-corrected chi connectivity index (χ1v) is 4.41. The zero-order chi connectivity index (χ0) is 9.47. The van der Waals surface area contributed by atoms with Crippen LogP contribution in [0.4, 0.5) is 0 Å². The largest absolute Gasteiger partial charge is 0.483 e. The second-order valence-corrected chi connectivity index (χ2v) is 3.77. The zero-order valence-corrected chi connectivity index (χ0v) is 7.83. The summed E-state index contributed by atoms with van der Waals surface area (Å²) in [5.74, 6) is 0.891. The van der Waals surface area contributed by atoms with Crippen molar-refractivity contribution in [2.24, 2.45) is 0 Å². The first-order chi connectivity index (χ1) is 6.11. The Kier molecular flexibility index (Phi) is 1.65. The third-order valence-corrected chi connectivity index (χ3v) is 2.28. The molecule has 68 valence electrons. The van der Waals surface area contributed by atoms with E-state index in [4.69, 9.17) is 4.74 Å². The number of allylic oxidation sites excluding steroid dienone is 4. The third-order valence-electron chi connectivity index (χ3n) is 2.28. The zero-order valence-electron chi connectivity index (χ0n) is 7.83. The van der Waals surface area contributed by atoms with E-state index in [2.05, 4.69) is 0 Å². The standard InChI is InChI=1S/C11H12O2/c1-11(2)10(12)8-6-4-3-5-7-9(8)13-11/h3-6H,7H2,1-2H3. The molecule has 13 heavy (non-hydrogen) atoms. The minimum absolute atomic E-state index is 0.0856. The molecular formula is C11H12O2. The van der Waals surface area contributed by atoms with E-state index < -0.39 is 5.60 Å². The first kappa shape index (κ1) is 8.30. The van der Waals surface area contributed by atoms with Crippen molar-refractivity contribution in [3.63, 3.8) is 0 Å². The fourth-order valence-electron chi connectivity index (χ4n) is 1.59. The maximum absolute atomic E-state index is 11.8. The van der Waals surface area contributed by atoms with E-state index in [0.717, 1.165) is 17.8 Å². The Balaban J connectivity index is 2.40. The van der Waals surface area contributed by atoms with Gasteiger partial charge >= 0.3 is 0 Å². The van der Waals surface area contributed by atoms with Crippen LogP contribution in [0.15, 0.2) is 35.6 Å². The number of Topliss-reactive ketones (excluding diaryl/α,β-unsaturated/α-hetero) is 1. The highest BCUT2D eigenvalue weighted by molar-refractivity contribution is 6.06. The van der Waals surface area contributed by atoms with E-state index >= 15 is 0 Å². The van der Waals surface area contributed by atoms with Crippen LogP contribution < -0.4 is 0 Å². The minimum atomic E-state index is -0.666. The number of carbonyl (C=O) groups is 1. The number of ether oxygens (including phenoxy) is 1. The Morgan fingerprint density at radius 1 is 1.38 bits per heavy atom. The van der Waals surface area contributed by atoms with Crippen LogP contribution in [0, 0.1) is 0 Å². The summed E-state index contributed by atoms with van der Waals surface area (Å²) in [5.41, 5.74) is 0.0650. The lowest BCUT2D eigenvalue weighted by Gasteiger charge is -2.17. The average molecular weight is 176 g/mol. The van der Waals surface area contributed by atoms with Gasteiger partial charge in [-0.2, -0.15) is 0 Å². The van der Waals surface area contributed by atoms with Crippen LogP contribution in [0.5, 0.6) is 0 Å². The highest BCUT2D eigenvalue weighted by atomic mass is 16.5. The first-order valence-electron chi connectivity index (χ1n) is 4.41. The number of carbonyl (C=O) groups excluding carboxylic acids is 1. The molecule has 0 radical (unpaired) electrons. The van der Waals surface area contributed by atoms with Crippen LogP contribution in [-0.4, -0.2) is 11.4 Å². The fraction of sp³-hybridized carbons (Fsp3) is 0.364. The predicted octanol–water partition coefficient (Wildman–Crippen LogP) is 2.13. The molecule has 0 saturated heterocycles. The molecule has 0 aromatic carbocycles. The van der Waals surface area contributed by atoms with Gasteiger partial charge in [-0.3, -0.25) is 4.79 Å². The molecule has 0 spiro atoms. The van der Waals surface area contributed by atoms with Crippen molar-refractivity contribution in [1.29, 1.82) is 0 Å². The lowest BCUT2D eigenvalue weighted by atomic mass is 9.99. The van der Waals surface area contributed by atoms with Crippen molar-refractivity contribution in [1.82, 2.24) is 0 Å². The summed E-state index contributed by atoms with van der Waals surface area (Å²) in [5, 5.41) is 0. The molecule has 1 heterocycles. The average Bonchev–Trinajstić information content (AvgIpc) is 2.29. The van der Waals surface area contributed by atoms with Crippen molar-refractivity contribution in [2.75, 3.05) is 0 Å². The highest BCUT2D eigenvalue weighted by Gasteiger charge is 2.40. The van der Waals surface area contributed by atoms with Gasteiger partial charge in [-0.1, -0.05) is 18.2 Å². The number of hydrogen-bond acceptors (Lipinski definition) is 2. The van der Waals surface area contributed by atoms with E-state index in [1.54, 1.807) is 0 Å². The van der Waals surface area contributed by atoms with Crippen LogP contribution in [0.2, 0.25) is 0 Å². The molecule has 2 rings (SSSR count). The summed E-state index contributed by atoms with van der Waals surface area (Å²) in [4.78, 5) is 11.8. The minimum Gasteiger partial charge on any atom is -0.483 e. The summed E-state index contributed by atoms with van der Waals surface area (Å²) in [6, 6.07) is 0. The van der Waals surface area contributed by atoms with E-state index in [0.29, 0.717) is 0 Å². The number of rotatable bonds is 0. The third kappa shape index (κ3) is 1.22. The van der Waals surface area contributed by atoms with Gasteiger partial charge in [0.15, 0.2) is 5.60 Å². The molecule has 0 aromatic rings. The second-order valence-electron chi connectivity index (χ2n) is 3.77. The maximum atomic E-state index is 11.8. The van der Waals surface area contributed by atoms with Crippen LogP contribution >= 0.6 is 0 Å². The molecule has 0 aromatic heterocycles. The monoisotopic (exact) mass is 176 g/mol. The number of ketones is 1. The molecule has 1 aliphatic heterocycles. The maximum Gasteiger partial charge on any atom is 0.209 e. The molecule has 0 bridgehead atoms. The van der Waals surface area contributed by atoms with Crippen LogP contribution in [0.1, 0.15) is 20.3 Å². The molecule has 0 fully saturated rings. The van der Waals surface area contributed by atoms with Gasteiger partial charge in [-0.25, -0.2) is 0 Å². The van der Waals surface area contributed by atoms with Gasteiger partial charge in [-0.15, -0.1) is 0 Å². The van der Waals surface area contributed by atoms with Crippen molar-refractivity contribution in [2.45, 2.75) is 25.9 Å². The van der Waals surface area contributed by atoms with Gasteiger partial charge in [0.2, 0.25) is 5.78 Å². The molecular weight excluding hydrogens is 164 g/mol. The Bertz CT molecular complexity index is 343. The SMILES string of the molecule is CC1(C)OC2=C(C=CC=CC2)C1=O. The molecule has 0 saturated carbocycles. The van der Waals surface area contributed by atoms with Gasteiger partial charge < -0.3 is 4.74 Å². The van der Waals surface area contributed by atoms with Crippen LogP contribution in [0.25, 0.3) is 0 Å². The van der Waals surface area contributed by atoms with Gasteiger partial charge in [0.1, 0.15) is 5.76 Å². The normalized spacial score (nSPS) is 24.3. The van der Waals surface area contributed by atoms with E-state index in [1.807, 2.05) is 38.2 Å². The lowest BCUT2D eigenvalue weighted by Crippen LogP contribution is -2.29. The molecule has 1 aliphatic carbocycles. The lowest BCUT2D eigenvalue weighted by molar-refractivity contribution is -0.127. The quantitative estimate of drug-likeness (QED) is 0.565. The number of hydrogen-bond donors (Lipinski definition) is 0. The molecule has 2 heteroatoms. The Morgan fingerprint density at radius 3 is 2.92 bits per heavy atom. The summed E-state index contributed by atoms with van der Waals surface area (Å²) < 4.78 is 5.57. The van der Waals surface area contributed by atoms with Crippen molar-refractivity contribution >= 4 is 5.78 Å². The van der Waals surface area contributed by atoms with E-state index in [-0.39, 0.29) is 5.78 Å². The second kappa shape index (κ2) is 2.59. The molecule has 0 amide bonds. The van der Waals surface area contributed by atoms with E-state index in [1.165, 1.54) is 0 Å². The van der Waals surface area contributed by atoms with Gasteiger partial charge in [-0.05, 0) is 19.9 Å². The van der Waals surface area contributed by atoms with Crippen LogP contribution in [-0.2, 0) is 9.53 Å². The van der Waals surface area contributed by atoms with Crippen molar-refractivity contribution in [3.8, 4) is 0 Å². The topological polar surface area (TPSA) is 26.3 Å². The highest BCUT2D eigenvalue weighted by Crippen LogP contribution is 2.33. The molecule has 2 nitrogen and oxygen atoms in total. The summed E-state index contributed by atoms with van der Waals surface area (Å²) >= 11 is 0. The van der Waals surface area contributed by atoms with Gasteiger partial charge in [0, 0.05) is 6.42 Å². The van der Waals surface area contributed by atoms with Crippen LogP contribution in [0.3, 0.4) is 0 Å². The Hall–Kier alpha value is -1.31. The van der Waals surface area contributed by atoms with Crippen molar-refractivity contribution < 1.29 is 9.53 Å². The van der Waals surface area contributed by atoms with Crippen molar-refractivity contribution in [3.05, 3.63) is 35.6 Å². The smallest absolute Gasteiger partial charge is 0.209 e.